The molecule has 1 aliphatic rings. The van der Waals surface area contributed by atoms with Gasteiger partial charge in [0, 0.05) is 25.6 Å². The Bertz CT molecular complexity index is 683. The second-order valence-corrected chi connectivity index (χ2v) is 5.45. The van der Waals surface area contributed by atoms with Gasteiger partial charge in [-0.15, -0.1) is 24.0 Å². The number of fused-ring (bicyclic) bond motifs is 1. The molecule has 1 aliphatic heterocycles. The standard InChI is InChI=1S/C18H20FN3O.HI/c1-20-18(21-11-14-7-2-4-8-16(14)19)22-12-15-10-13-6-3-5-9-17(13)23-15;/h2-9,15H,10-12H2,1H3,(H2,20,21,22);1H. The number of ether oxygens (including phenoxy) is 1. The van der Waals surface area contributed by atoms with Crippen molar-refractivity contribution in [3.8, 4) is 5.75 Å². The summed E-state index contributed by atoms with van der Waals surface area (Å²) in [6.45, 7) is 1.03. The molecule has 1 unspecified atom stereocenters. The molecule has 4 nitrogen and oxygen atoms in total. The molecule has 3 rings (SSSR count). The van der Waals surface area contributed by atoms with E-state index in [0.717, 1.165) is 12.2 Å². The van der Waals surface area contributed by atoms with Crippen LogP contribution in [0.2, 0.25) is 0 Å². The van der Waals surface area contributed by atoms with Gasteiger partial charge >= 0.3 is 0 Å². The van der Waals surface area contributed by atoms with Gasteiger partial charge in [-0.2, -0.15) is 0 Å². The van der Waals surface area contributed by atoms with Crippen LogP contribution in [0.1, 0.15) is 11.1 Å². The van der Waals surface area contributed by atoms with Gasteiger partial charge in [-0.05, 0) is 17.7 Å². The molecule has 0 spiro atoms. The van der Waals surface area contributed by atoms with E-state index in [1.54, 1.807) is 19.2 Å². The van der Waals surface area contributed by atoms with Gasteiger partial charge in [-0.3, -0.25) is 4.99 Å². The van der Waals surface area contributed by atoms with Crippen molar-refractivity contribution in [3.05, 3.63) is 65.5 Å². The number of halogens is 2. The van der Waals surface area contributed by atoms with Gasteiger partial charge in [0.25, 0.3) is 0 Å². The number of nitrogens with one attached hydrogen (secondary N) is 2. The third-order valence-corrected chi connectivity index (χ3v) is 3.84. The fourth-order valence-corrected chi connectivity index (χ4v) is 2.62. The van der Waals surface area contributed by atoms with Gasteiger partial charge in [0.2, 0.25) is 0 Å². The Morgan fingerprint density at radius 3 is 2.67 bits per heavy atom. The molecular formula is C18H21FIN3O. The van der Waals surface area contributed by atoms with E-state index in [1.165, 1.54) is 11.6 Å². The van der Waals surface area contributed by atoms with Crippen LogP contribution in [-0.4, -0.2) is 25.7 Å². The summed E-state index contributed by atoms with van der Waals surface area (Å²) >= 11 is 0. The molecule has 0 amide bonds. The molecule has 0 saturated heterocycles. The molecule has 1 atom stereocenters. The van der Waals surface area contributed by atoms with Gasteiger partial charge in [0.1, 0.15) is 17.7 Å². The van der Waals surface area contributed by atoms with E-state index in [9.17, 15) is 4.39 Å². The summed E-state index contributed by atoms with van der Waals surface area (Å²) < 4.78 is 19.5. The minimum atomic E-state index is -0.218. The average molecular weight is 441 g/mol. The SMILES string of the molecule is CN=C(NCc1ccccc1F)NCC1Cc2ccccc2O1.I. The van der Waals surface area contributed by atoms with E-state index in [4.69, 9.17) is 4.74 Å². The van der Waals surface area contributed by atoms with Crippen molar-refractivity contribution >= 4 is 29.9 Å². The zero-order valence-electron chi connectivity index (χ0n) is 13.5. The van der Waals surface area contributed by atoms with E-state index in [-0.39, 0.29) is 35.9 Å². The van der Waals surface area contributed by atoms with Crippen molar-refractivity contribution in [2.24, 2.45) is 4.99 Å². The second kappa shape index (κ2) is 8.86. The second-order valence-electron chi connectivity index (χ2n) is 5.45. The third kappa shape index (κ3) is 4.59. The van der Waals surface area contributed by atoms with Crippen LogP contribution in [0.5, 0.6) is 5.75 Å². The summed E-state index contributed by atoms with van der Waals surface area (Å²) in [5.41, 5.74) is 1.84. The van der Waals surface area contributed by atoms with E-state index < -0.39 is 0 Å². The molecule has 2 aromatic rings. The largest absolute Gasteiger partial charge is 0.488 e. The number of para-hydroxylation sites is 1. The molecule has 0 radical (unpaired) electrons. The van der Waals surface area contributed by atoms with Crippen molar-refractivity contribution in [2.45, 2.75) is 19.1 Å². The molecule has 1 heterocycles. The highest BCUT2D eigenvalue weighted by Gasteiger charge is 2.22. The third-order valence-electron chi connectivity index (χ3n) is 3.84. The molecule has 0 saturated carbocycles. The van der Waals surface area contributed by atoms with E-state index >= 15 is 0 Å². The Morgan fingerprint density at radius 2 is 1.92 bits per heavy atom. The molecule has 6 heteroatoms. The van der Waals surface area contributed by atoms with Crippen LogP contribution in [0.25, 0.3) is 0 Å². The Labute approximate surface area is 158 Å². The van der Waals surface area contributed by atoms with Gasteiger partial charge in [-0.1, -0.05) is 36.4 Å². The summed E-state index contributed by atoms with van der Waals surface area (Å²) in [6.07, 6.45) is 0.965. The van der Waals surface area contributed by atoms with Crippen LogP contribution in [0.15, 0.2) is 53.5 Å². The van der Waals surface area contributed by atoms with Crippen LogP contribution < -0.4 is 15.4 Å². The zero-order chi connectivity index (χ0) is 16.1. The number of guanidine groups is 1. The van der Waals surface area contributed by atoms with Crippen LogP contribution in [0.3, 0.4) is 0 Å². The number of hydrogen-bond donors (Lipinski definition) is 2. The average Bonchev–Trinajstić information content (AvgIpc) is 2.99. The van der Waals surface area contributed by atoms with Crippen LogP contribution in [-0.2, 0) is 13.0 Å². The molecule has 0 aromatic heterocycles. The van der Waals surface area contributed by atoms with Crippen molar-refractivity contribution < 1.29 is 9.13 Å². The van der Waals surface area contributed by atoms with E-state index in [1.807, 2.05) is 24.3 Å². The predicted octanol–water partition coefficient (Wildman–Crippen LogP) is 3.11. The fourth-order valence-electron chi connectivity index (χ4n) is 2.62. The number of benzene rings is 2. The first-order chi connectivity index (χ1) is 11.3. The van der Waals surface area contributed by atoms with E-state index in [0.29, 0.717) is 24.6 Å². The lowest BCUT2D eigenvalue weighted by atomic mass is 10.1. The van der Waals surface area contributed by atoms with E-state index in [2.05, 4.69) is 21.7 Å². The first-order valence-corrected chi connectivity index (χ1v) is 7.69. The molecule has 2 aromatic carbocycles. The van der Waals surface area contributed by atoms with Crippen molar-refractivity contribution in [3.63, 3.8) is 0 Å². The highest BCUT2D eigenvalue weighted by Crippen LogP contribution is 2.27. The Hall–Kier alpha value is -1.83. The van der Waals surface area contributed by atoms with Gasteiger partial charge in [-0.25, -0.2) is 4.39 Å². The van der Waals surface area contributed by atoms with Crippen molar-refractivity contribution in [1.29, 1.82) is 0 Å². The predicted molar refractivity (Wildman–Crippen MR) is 105 cm³/mol. The monoisotopic (exact) mass is 441 g/mol. The van der Waals surface area contributed by atoms with Crippen molar-refractivity contribution in [2.75, 3.05) is 13.6 Å². The lowest BCUT2D eigenvalue weighted by Gasteiger charge is -2.15. The highest BCUT2D eigenvalue weighted by atomic mass is 127. The Morgan fingerprint density at radius 1 is 1.17 bits per heavy atom. The number of hydrogen-bond acceptors (Lipinski definition) is 2. The number of aliphatic imine (C=N–C) groups is 1. The minimum Gasteiger partial charge on any atom is -0.488 e. The Balaban J connectivity index is 0.00000208. The lowest BCUT2D eigenvalue weighted by Crippen LogP contribution is -2.42. The molecule has 2 N–H and O–H groups in total. The maximum Gasteiger partial charge on any atom is 0.191 e. The summed E-state index contributed by atoms with van der Waals surface area (Å²) in [6, 6.07) is 14.8. The molecule has 0 aliphatic carbocycles. The normalized spacial score (nSPS) is 15.9. The fraction of sp³-hybridized carbons (Fsp3) is 0.278. The first-order valence-electron chi connectivity index (χ1n) is 7.69. The highest BCUT2D eigenvalue weighted by molar-refractivity contribution is 14.0. The number of nitrogens with zero attached hydrogens (tertiary/aromatic N) is 1. The number of rotatable bonds is 4. The summed E-state index contributed by atoms with van der Waals surface area (Å²) in [5.74, 6) is 1.37. The smallest absolute Gasteiger partial charge is 0.191 e. The summed E-state index contributed by atoms with van der Waals surface area (Å²) in [5, 5.41) is 6.34. The summed E-state index contributed by atoms with van der Waals surface area (Å²) in [4.78, 5) is 4.16. The maximum absolute atomic E-state index is 13.6. The molecule has 128 valence electrons. The zero-order valence-corrected chi connectivity index (χ0v) is 15.8. The first kappa shape index (κ1) is 18.5. The van der Waals surface area contributed by atoms with Gasteiger partial charge < -0.3 is 15.4 Å². The quantitative estimate of drug-likeness (QED) is 0.436. The van der Waals surface area contributed by atoms with Crippen LogP contribution in [0.4, 0.5) is 4.39 Å². The lowest BCUT2D eigenvalue weighted by molar-refractivity contribution is 0.235. The van der Waals surface area contributed by atoms with Gasteiger partial charge in [0.05, 0.1) is 6.54 Å². The Kier molecular flexibility index (Phi) is 6.84. The molecule has 0 fully saturated rings. The maximum atomic E-state index is 13.6. The van der Waals surface area contributed by atoms with Gasteiger partial charge in [0.15, 0.2) is 5.96 Å². The van der Waals surface area contributed by atoms with Crippen molar-refractivity contribution in [1.82, 2.24) is 10.6 Å². The molecule has 24 heavy (non-hydrogen) atoms. The van der Waals surface area contributed by atoms with Crippen LogP contribution >= 0.6 is 24.0 Å². The minimum absolute atomic E-state index is 0. The topological polar surface area (TPSA) is 45.7 Å². The molecule has 0 bridgehead atoms. The van der Waals surface area contributed by atoms with Crippen LogP contribution in [0, 0.1) is 5.82 Å². The molecular weight excluding hydrogens is 420 g/mol. The summed E-state index contributed by atoms with van der Waals surface area (Å²) in [7, 11) is 1.70.